The van der Waals surface area contributed by atoms with Crippen LogP contribution in [0.1, 0.15) is 34.6 Å². The molecule has 0 bridgehead atoms. The molecule has 0 heterocycles. The largest absolute Gasteiger partial charge is 0.363 e. The molecule has 0 unspecified atom stereocenters. The summed E-state index contributed by atoms with van der Waals surface area (Å²) in [4.78, 5) is 6.60. The van der Waals surface area contributed by atoms with Gasteiger partial charge in [-0.15, -0.1) is 0 Å². The van der Waals surface area contributed by atoms with Crippen LogP contribution in [0.4, 0.5) is 0 Å². The molecule has 0 radical (unpaired) electrons. The van der Waals surface area contributed by atoms with Crippen LogP contribution in [0, 0.1) is 5.41 Å². The van der Waals surface area contributed by atoms with Crippen molar-refractivity contribution in [3.63, 3.8) is 0 Å². The summed E-state index contributed by atoms with van der Waals surface area (Å²) in [6.45, 7) is 12.5. The molecule has 0 saturated heterocycles. The molecule has 0 aliphatic carbocycles. The Balaban J connectivity index is 4.31. The highest BCUT2D eigenvalue weighted by molar-refractivity contribution is 5.79. The molecule has 0 aromatic carbocycles. The molecule has 0 aromatic rings. The second-order valence-electron chi connectivity index (χ2n) is 4.37. The SMILES string of the molecule is CC=CC(C)(C)CN(C)C(C)=NCC. The first kappa shape index (κ1) is 13.2. The fourth-order valence-corrected chi connectivity index (χ4v) is 1.58. The highest BCUT2D eigenvalue weighted by Crippen LogP contribution is 2.18. The first-order valence-corrected chi connectivity index (χ1v) is 5.29. The third kappa shape index (κ3) is 5.05. The van der Waals surface area contributed by atoms with Crippen molar-refractivity contribution in [2.45, 2.75) is 34.6 Å². The average molecular weight is 196 g/mol. The molecule has 0 aliphatic rings. The van der Waals surface area contributed by atoms with Crippen LogP contribution in [0.5, 0.6) is 0 Å². The van der Waals surface area contributed by atoms with E-state index >= 15 is 0 Å². The minimum atomic E-state index is 0.216. The van der Waals surface area contributed by atoms with Crippen molar-refractivity contribution in [1.82, 2.24) is 4.90 Å². The van der Waals surface area contributed by atoms with Crippen molar-refractivity contribution in [2.75, 3.05) is 20.1 Å². The molecule has 2 nitrogen and oxygen atoms in total. The van der Waals surface area contributed by atoms with Crippen molar-refractivity contribution < 1.29 is 0 Å². The lowest BCUT2D eigenvalue weighted by molar-refractivity contribution is 0.342. The van der Waals surface area contributed by atoms with Crippen LogP contribution < -0.4 is 0 Å². The maximum absolute atomic E-state index is 4.39. The van der Waals surface area contributed by atoms with Crippen molar-refractivity contribution in [3.05, 3.63) is 12.2 Å². The van der Waals surface area contributed by atoms with Gasteiger partial charge in [-0.3, -0.25) is 4.99 Å². The number of aliphatic imine (C=N–C) groups is 1. The number of rotatable bonds is 4. The standard InChI is InChI=1S/C12H24N2/c1-7-9-12(4,5)10-14(6)11(3)13-8-2/h7,9H,8,10H2,1-6H3. The molecule has 0 atom stereocenters. The molecule has 0 spiro atoms. The van der Waals surface area contributed by atoms with Crippen molar-refractivity contribution in [1.29, 1.82) is 0 Å². The fourth-order valence-electron chi connectivity index (χ4n) is 1.58. The molecular weight excluding hydrogens is 172 g/mol. The molecular formula is C12H24N2. The zero-order valence-electron chi connectivity index (χ0n) is 10.5. The van der Waals surface area contributed by atoms with Crippen molar-refractivity contribution in [3.8, 4) is 0 Å². The summed E-state index contributed by atoms with van der Waals surface area (Å²) in [7, 11) is 2.10. The topological polar surface area (TPSA) is 15.6 Å². The van der Waals surface area contributed by atoms with E-state index in [9.17, 15) is 0 Å². The van der Waals surface area contributed by atoms with Gasteiger partial charge in [0.15, 0.2) is 0 Å². The number of amidine groups is 1. The second kappa shape index (κ2) is 5.84. The minimum Gasteiger partial charge on any atom is -0.363 e. The molecule has 0 amide bonds. The lowest BCUT2D eigenvalue weighted by Crippen LogP contribution is -2.33. The molecule has 0 fully saturated rings. The minimum absolute atomic E-state index is 0.216. The number of allylic oxidation sites excluding steroid dienone is 1. The van der Waals surface area contributed by atoms with Gasteiger partial charge >= 0.3 is 0 Å². The third-order valence-electron chi connectivity index (χ3n) is 2.20. The molecule has 0 aromatic heterocycles. The Labute approximate surface area is 88.7 Å². The van der Waals surface area contributed by atoms with Crippen LogP contribution in [-0.2, 0) is 0 Å². The summed E-state index contributed by atoms with van der Waals surface area (Å²) in [6.07, 6.45) is 4.35. The maximum atomic E-state index is 4.39. The Bertz CT molecular complexity index is 214. The Hall–Kier alpha value is -0.790. The van der Waals surface area contributed by atoms with E-state index < -0.39 is 0 Å². The molecule has 82 valence electrons. The van der Waals surface area contributed by atoms with Crippen LogP contribution >= 0.6 is 0 Å². The quantitative estimate of drug-likeness (QED) is 0.383. The van der Waals surface area contributed by atoms with Gasteiger partial charge in [0.1, 0.15) is 0 Å². The molecule has 0 saturated carbocycles. The first-order chi connectivity index (χ1) is 6.43. The summed E-state index contributed by atoms with van der Waals surface area (Å²) in [6, 6.07) is 0. The van der Waals surface area contributed by atoms with E-state index in [-0.39, 0.29) is 5.41 Å². The first-order valence-electron chi connectivity index (χ1n) is 5.29. The Morgan fingerprint density at radius 3 is 2.43 bits per heavy atom. The van der Waals surface area contributed by atoms with Gasteiger partial charge in [0.2, 0.25) is 0 Å². The maximum Gasteiger partial charge on any atom is 0.0955 e. The Kier molecular flexibility index (Phi) is 5.51. The van der Waals surface area contributed by atoms with Gasteiger partial charge < -0.3 is 4.90 Å². The number of hydrogen-bond donors (Lipinski definition) is 0. The smallest absolute Gasteiger partial charge is 0.0955 e. The van der Waals surface area contributed by atoms with E-state index in [1.807, 2.05) is 0 Å². The zero-order valence-corrected chi connectivity index (χ0v) is 10.5. The lowest BCUT2D eigenvalue weighted by Gasteiger charge is -2.28. The normalized spacial score (nSPS) is 13.7. The summed E-state index contributed by atoms with van der Waals surface area (Å²) in [5.74, 6) is 1.12. The number of hydrogen-bond acceptors (Lipinski definition) is 1. The van der Waals surface area contributed by atoms with Gasteiger partial charge in [-0.2, -0.15) is 0 Å². The van der Waals surface area contributed by atoms with Gasteiger partial charge in [0.25, 0.3) is 0 Å². The van der Waals surface area contributed by atoms with Gasteiger partial charge in [-0.25, -0.2) is 0 Å². The van der Waals surface area contributed by atoms with Crippen LogP contribution in [0.25, 0.3) is 0 Å². The van der Waals surface area contributed by atoms with Crippen LogP contribution in [-0.4, -0.2) is 30.9 Å². The van der Waals surface area contributed by atoms with E-state index in [4.69, 9.17) is 0 Å². The van der Waals surface area contributed by atoms with Gasteiger partial charge in [-0.05, 0) is 20.8 Å². The van der Waals surface area contributed by atoms with Crippen molar-refractivity contribution >= 4 is 5.84 Å². The van der Waals surface area contributed by atoms with Gasteiger partial charge in [-0.1, -0.05) is 26.0 Å². The summed E-state index contributed by atoms with van der Waals surface area (Å²) >= 11 is 0. The van der Waals surface area contributed by atoms with E-state index in [1.165, 1.54) is 0 Å². The summed E-state index contributed by atoms with van der Waals surface area (Å²) in [5, 5.41) is 0. The molecule has 0 rings (SSSR count). The Morgan fingerprint density at radius 2 is 2.00 bits per heavy atom. The molecule has 0 N–H and O–H groups in total. The summed E-state index contributed by atoms with van der Waals surface area (Å²) < 4.78 is 0. The predicted molar refractivity (Wildman–Crippen MR) is 64.9 cm³/mol. The monoisotopic (exact) mass is 196 g/mol. The van der Waals surface area contributed by atoms with Crippen molar-refractivity contribution in [2.24, 2.45) is 10.4 Å². The van der Waals surface area contributed by atoms with E-state index in [0.717, 1.165) is 18.9 Å². The number of nitrogens with zero attached hydrogens (tertiary/aromatic N) is 2. The molecule has 14 heavy (non-hydrogen) atoms. The Morgan fingerprint density at radius 1 is 1.43 bits per heavy atom. The van der Waals surface area contributed by atoms with E-state index in [2.05, 4.69) is 63.7 Å². The van der Waals surface area contributed by atoms with Crippen LogP contribution in [0.2, 0.25) is 0 Å². The fraction of sp³-hybridized carbons (Fsp3) is 0.750. The van der Waals surface area contributed by atoms with Gasteiger partial charge in [0, 0.05) is 25.6 Å². The van der Waals surface area contributed by atoms with Crippen LogP contribution in [0.3, 0.4) is 0 Å². The van der Waals surface area contributed by atoms with Crippen LogP contribution in [0.15, 0.2) is 17.1 Å². The molecule has 0 aliphatic heterocycles. The second-order valence-corrected chi connectivity index (χ2v) is 4.37. The third-order valence-corrected chi connectivity index (χ3v) is 2.20. The average Bonchev–Trinajstić information content (AvgIpc) is 2.03. The van der Waals surface area contributed by atoms with E-state index in [1.54, 1.807) is 0 Å². The van der Waals surface area contributed by atoms with Gasteiger partial charge in [0.05, 0.1) is 5.84 Å². The highest BCUT2D eigenvalue weighted by Gasteiger charge is 2.16. The zero-order chi connectivity index (χ0) is 11.2. The summed E-state index contributed by atoms with van der Waals surface area (Å²) in [5.41, 5.74) is 0.216. The highest BCUT2D eigenvalue weighted by atomic mass is 15.2. The molecule has 2 heteroatoms. The lowest BCUT2D eigenvalue weighted by atomic mass is 9.92. The predicted octanol–water partition coefficient (Wildman–Crippen LogP) is 2.96. The van der Waals surface area contributed by atoms with E-state index in [0.29, 0.717) is 0 Å².